The third-order valence-electron chi connectivity index (χ3n) is 4.25. The van der Waals surface area contributed by atoms with Gasteiger partial charge in [0.05, 0.1) is 0 Å². The summed E-state index contributed by atoms with van der Waals surface area (Å²) in [5, 5.41) is 10.6. The topological polar surface area (TPSA) is 20.2 Å². The second-order valence-corrected chi connectivity index (χ2v) is 9.26. The molecule has 1 atom stereocenters. The molecule has 0 saturated carbocycles. The number of rotatable bonds is 2. The number of phenolic OH excluding ortho intramolecular Hbond substituents is 1. The van der Waals surface area contributed by atoms with Crippen LogP contribution in [0.15, 0.2) is 46.9 Å². The summed E-state index contributed by atoms with van der Waals surface area (Å²) in [6, 6.07) is 14.4. The van der Waals surface area contributed by atoms with Crippen LogP contribution in [0.5, 0.6) is 5.75 Å². The van der Waals surface area contributed by atoms with Crippen molar-refractivity contribution in [3.05, 3.63) is 63.6 Å². The minimum atomic E-state index is -0.00728. The molecule has 0 amide bonds. The molecule has 0 spiro atoms. The highest BCUT2D eigenvalue weighted by Crippen LogP contribution is 2.47. The Bertz CT molecular complexity index is 690. The summed E-state index contributed by atoms with van der Waals surface area (Å²) in [5.74, 6) is 0.481. The average Bonchev–Trinajstić information content (AvgIpc) is 2.39. The molecule has 2 rings (SSSR count). The SMILES string of the molecule is CC(C)(C)c1ccccc1C(c1ccc(Br)cc1O)C(C)(C)C. The van der Waals surface area contributed by atoms with Gasteiger partial charge in [0, 0.05) is 16.0 Å². The third-order valence-corrected chi connectivity index (χ3v) is 4.74. The van der Waals surface area contributed by atoms with E-state index in [0.29, 0.717) is 5.75 Å². The van der Waals surface area contributed by atoms with Gasteiger partial charge in [0.1, 0.15) is 5.75 Å². The Kier molecular flexibility index (Phi) is 4.96. The molecular weight excluding hydrogens is 348 g/mol. The summed E-state index contributed by atoms with van der Waals surface area (Å²) in [6.07, 6.45) is 0. The first-order valence-corrected chi connectivity index (χ1v) is 8.89. The number of benzene rings is 2. The van der Waals surface area contributed by atoms with Crippen molar-refractivity contribution in [3.8, 4) is 5.75 Å². The summed E-state index contributed by atoms with van der Waals surface area (Å²) in [4.78, 5) is 0. The molecule has 0 fully saturated rings. The fourth-order valence-electron chi connectivity index (χ4n) is 3.29. The van der Waals surface area contributed by atoms with Crippen molar-refractivity contribution in [2.45, 2.75) is 52.9 Å². The molecule has 124 valence electrons. The lowest BCUT2D eigenvalue weighted by molar-refractivity contribution is 0.343. The highest BCUT2D eigenvalue weighted by atomic mass is 79.9. The van der Waals surface area contributed by atoms with Crippen LogP contribution in [0.4, 0.5) is 0 Å². The van der Waals surface area contributed by atoms with Crippen LogP contribution in [0.3, 0.4) is 0 Å². The first kappa shape index (κ1) is 18.1. The standard InChI is InChI=1S/C21H27BrO/c1-20(2,3)17-10-8-7-9-15(17)19(21(4,5)6)16-12-11-14(22)13-18(16)23/h7-13,19,23H,1-6H3. The molecule has 0 radical (unpaired) electrons. The van der Waals surface area contributed by atoms with Gasteiger partial charge in [-0.25, -0.2) is 0 Å². The Hall–Kier alpha value is -1.28. The number of aromatic hydroxyl groups is 1. The van der Waals surface area contributed by atoms with Gasteiger partial charge in [-0.1, -0.05) is 87.8 Å². The minimum Gasteiger partial charge on any atom is -0.508 e. The maximum absolute atomic E-state index is 10.6. The van der Waals surface area contributed by atoms with E-state index in [9.17, 15) is 5.11 Å². The monoisotopic (exact) mass is 374 g/mol. The number of hydrogen-bond acceptors (Lipinski definition) is 1. The second kappa shape index (κ2) is 6.32. The molecule has 2 heteroatoms. The van der Waals surface area contributed by atoms with E-state index in [-0.39, 0.29) is 16.7 Å². The van der Waals surface area contributed by atoms with E-state index in [0.717, 1.165) is 10.0 Å². The van der Waals surface area contributed by atoms with E-state index in [1.165, 1.54) is 11.1 Å². The van der Waals surface area contributed by atoms with Crippen molar-refractivity contribution >= 4 is 15.9 Å². The van der Waals surface area contributed by atoms with Gasteiger partial charge in [0.25, 0.3) is 0 Å². The Morgan fingerprint density at radius 3 is 2.00 bits per heavy atom. The molecule has 0 aromatic heterocycles. The van der Waals surface area contributed by atoms with Crippen molar-refractivity contribution in [1.29, 1.82) is 0 Å². The van der Waals surface area contributed by atoms with Crippen LogP contribution in [0.1, 0.15) is 64.2 Å². The molecule has 1 N–H and O–H groups in total. The summed E-state index contributed by atoms with van der Waals surface area (Å²) >= 11 is 3.44. The lowest BCUT2D eigenvalue weighted by atomic mass is 9.68. The zero-order chi connectivity index (χ0) is 17.4. The number of halogens is 1. The molecule has 2 aromatic rings. The molecule has 0 aliphatic rings. The molecular formula is C21H27BrO. The molecule has 0 aliphatic heterocycles. The van der Waals surface area contributed by atoms with Gasteiger partial charge in [0.2, 0.25) is 0 Å². The predicted octanol–water partition coefficient (Wildman–Crippen LogP) is 6.63. The maximum Gasteiger partial charge on any atom is 0.120 e. The Morgan fingerprint density at radius 2 is 1.48 bits per heavy atom. The molecule has 23 heavy (non-hydrogen) atoms. The normalized spacial score (nSPS) is 13.9. The van der Waals surface area contributed by atoms with Crippen LogP contribution in [0.25, 0.3) is 0 Å². The fourth-order valence-corrected chi connectivity index (χ4v) is 3.64. The third kappa shape index (κ3) is 3.98. The zero-order valence-electron chi connectivity index (χ0n) is 14.9. The predicted molar refractivity (Wildman–Crippen MR) is 102 cm³/mol. The summed E-state index contributed by atoms with van der Waals surface area (Å²) in [6.45, 7) is 13.4. The Balaban J connectivity index is 2.72. The van der Waals surface area contributed by atoms with Crippen molar-refractivity contribution in [1.82, 2.24) is 0 Å². The van der Waals surface area contributed by atoms with Gasteiger partial charge in [-0.3, -0.25) is 0 Å². The van der Waals surface area contributed by atoms with Gasteiger partial charge < -0.3 is 5.11 Å². The first-order valence-electron chi connectivity index (χ1n) is 8.09. The van der Waals surface area contributed by atoms with E-state index in [2.05, 4.69) is 81.7 Å². The highest BCUT2D eigenvalue weighted by Gasteiger charge is 2.33. The Morgan fingerprint density at radius 1 is 0.870 bits per heavy atom. The van der Waals surface area contributed by atoms with Crippen LogP contribution < -0.4 is 0 Å². The van der Waals surface area contributed by atoms with E-state index >= 15 is 0 Å². The van der Waals surface area contributed by atoms with Gasteiger partial charge >= 0.3 is 0 Å². The fraction of sp³-hybridized carbons (Fsp3) is 0.429. The molecule has 1 nitrogen and oxygen atoms in total. The van der Waals surface area contributed by atoms with Crippen molar-refractivity contribution < 1.29 is 5.11 Å². The minimum absolute atomic E-state index is 0.00728. The van der Waals surface area contributed by atoms with E-state index in [1.54, 1.807) is 6.07 Å². The lowest BCUT2D eigenvalue weighted by Gasteiger charge is -2.36. The molecule has 0 heterocycles. The van der Waals surface area contributed by atoms with Crippen molar-refractivity contribution in [3.63, 3.8) is 0 Å². The summed E-state index contributed by atoms with van der Waals surface area (Å²) < 4.78 is 0.899. The van der Waals surface area contributed by atoms with Crippen LogP contribution in [-0.4, -0.2) is 5.11 Å². The van der Waals surface area contributed by atoms with Crippen LogP contribution in [0, 0.1) is 5.41 Å². The van der Waals surface area contributed by atoms with E-state index < -0.39 is 0 Å². The van der Waals surface area contributed by atoms with Gasteiger partial charge in [-0.15, -0.1) is 0 Å². The van der Waals surface area contributed by atoms with Crippen molar-refractivity contribution in [2.24, 2.45) is 5.41 Å². The van der Waals surface area contributed by atoms with Crippen molar-refractivity contribution in [2.75, 3.05) is 0 Å². The number of hydrogen-bond donors (Lipinski definition) is 1. The van der Waals surface area contributed by atoms with E-state index in [1.807, 2.05) is 12.1 Å². The summed E-state index contributed by atoms with van der Waals surface area (Å²) in [5.41, 5.74) is 3.67. The molecule has 2 aromatic carbocycles. The zero-order valence-corrected chi connectivity index (χ0v) is 16.5. The molecule has 1 unspecified atom stereocenters. The van der Waals surface area contributed by atoms with E-state index in [4.69, 9.17) is 0 Å². The number of phenols is 1. The first-order chi connectivity index (χ1) is 10.5. The average molecular weight is 375 g/mol. The smallest absolute Gasteiger partial charge is 0.120 e. The molecule has 0 bridgehead atoms. The van der Waals surface area contributed by atoms with Gasteiger partial charge in [-0.05, 0) is 34.1 Å². The van der Waals surface area contributed by atoms with Gasteiger partial charge in [0.15, 0.2) is 0 Å². The summed E-state index contributed by atoms with van der Waals surface area (Å²) in [7, 11) is 0. The van der Waals surface area contributed by atoms with Crippen LogP contribution >= 0.6 is 15.9 Å². The van der Waals surface area contributed by atoms with Crippen LogP contribution in [-0.2, 0) is 5.41 Å². The van der Waals surface area contributed by atoms with Gasteiger partial charge in [-0.2, -0.15) is 0 Å². The Labute approximate surface area is 148 Å². The second-order valence-electron chi connectivity index (χ2n) is 8.34. The highest BCUT2D eigenvalue weighted by molar-refractivity contribution is 9.10. The molecule has 0 saturated heterocycles. The lowest BCUT2D eigenvalue weighted by Crippen LogP contribution is -2.24. The largest absolute Gasteiger partial charge is 0.508 e. The quantitative estimate of drug-likeness (QED) is 0.625. The van der Waals surface area contributed by atoms with Crippen LogP contribution in [0.2, 0.25) is 0 Å². The molecule has 0 aliphatic carbocycles. The maximum atomic E-state index is 10.6.